The number of nitrogens with zero attached hydrogens (tertiary/aromatic N) is 1. The number of benzene rings is 2. The molecule has 0 atom stereocenters. The molecule has 0 spiro atoms. The van der Waals surface area contributed by atoms with Gasteiger partial charge in [0.15, 0.2) is 0 Å². The van der Waals surface area contributed by atoms with Crippen LogP contribution in [-0.2, 0) is 16.4 Å². The van der Waals surface area contributed by atoms with Crippen LogP contribution < -0.4 is 4.72 Å². The first-order chi connectivity index (χ1) is 12.0. The van der Waals surface area contributed by atoms with Crippen molar-refractivity contribution in [3.63, 3.8) is 0 Å². The van der Waals surface area contributed by atoms with E-state index >= 15 is 0 Å². The van der Waals surface area contributed by atoms with E-state index in [0.717, 1.165) is 21.1 Å². The Bertz CT molecular complexity index is 970. The first kappa shape index (κ1) is 17.7. The van der Waals surface area contributed by atoms with Gasteiger partial charge < -0.3 is 0 Å². The molecule has 4 nitrogen and oxygen atoms in total. The zero-order chi connectivity index (χ0) is 17.9. The van der Waals surface area contributed by atoms with Crippen molar-refractivity contribution in [3.8, 4) is 10.6 Å². The van der Waals surface area contributed by atoms with E-state index in [-0.39, 0.29) is 17.3 Å². The molecule has 130 valence electrons. The number of halogens is 1. The van der Waals surface area contributed by atoms with E-state index in [9.17, 15) is 12.8 Å². The van der Waals surface area contributed by atoms with Gasteiger partial charge in [0, 0.05) is 17.0 Å². The van der Waals surface area contributed by atoms with Gasteiger partial charge in [-0.1, -0.05) is 30.3 Å². The van der Waals surface area contributed by atoms with Crippen LogP contribution in [0.1, 0.15) is 10.6 Å². The van der Waals surface area contributed by atoms with E-state index < -0.39 is 10.0 Å². The van der Waals surface area contributed by atoms with Gasteiger partial charge in [-0.3, -0.25) is 0 Å². The maximum Gasteiger partial charge on any atom is 0.240 e. The number of hydrogen-bond acceptors (Lipinski definition) is 4. The number of aromatic nitrogens is 1. The van der Waals surface area contributed by atoms with Crippen LogP contribution in [0, 0.1) is 12.7 Å². The second-order valence-corrected chi connectivity index (χ2v) is 8.35. The van der Waals surface area contributed by atoms with E-state index in [1.807, 2.05) is 13.0 Å². The van der Waals surface area contributed by atoms with Gasteiger partial charge in [-0.05, 0) is 37.6 Å². The molecule has 0 saturated heterocycles. The SMILES string of the molecule is Cc1nc(-c2cccc(F)c2)sc1CCNS(=O)(=O)c1ccccc1. The topological polar surface area (TPSA) is 59.1 Å². The largest absolute Gasteiger partial charge is 0.241 e. The second kappa shape index (κ2) is 7.43. The van der Waals surface area contributed by atoms with Crippen molar-refractivity contribution in [2.45, 2.75) is 18.2 Å². The fourth-order valence-corrected chi connectivity index (χ4v) is 4.50. The van der Waals surface area contributed by atoms with Crippen LogP contribution in [0.15, 0.2) is 59.5 Å². The fourth-order valence-electron chi connectivity index (χ4n) is 2.39. The monoisotopic (exact) mass is 376 g/mol. The normalized spacial score (nSPS) is 11.6. The van der Waals surface area contributed by atoms with Gasteiger partial charge in [-0.2, -0.15) is 0 Å². The number of thiazole rings is 1. The summed E-state index contributed by atoms with van der Waals surface area (Å²) in [5.74, 6) is -0.303. The lowest BCUT2D eigenvalue weighted by Crippen LogP contribution is -2.25. The minimum Gasteiger partial charge on any atom is -0.241 e. The lowest BCUT2D eigenvalue weighted by molar-refractivity contribution is 0.581. The molecule has 7 heteroatoms. The number of aryl methyl sites for hydroxylation is 1. The lowest BCUT2D eigenvalue weighted by atomic mass is 10.2. The quantitative estimate of drug-likeness (QED) is 0.712. The molecule has 3 rings (SSSR count). The summed E-state index contributed by atoms with van der Waals surface area (Å²) >= 11 is 1.46. The van der Waals surface area contributed by atoms with Gasteiger partial charge in [0.25, 0.3) is 0 Å². The molecule has 3 aromatic rings. The lowest BCUT2D eigenvalue weighted by Gasteiger charge is -2.05. The predicted octanol–water partition coefficient (Wildman–Crippen LogP) is 3.78. The molecule has 0 fully saturated rings. The third kappa shape index (κ3) is 4.31. The highest BCUT2D eigenvalue weighted by Crippen LogP contribution is 2.28. The minimum absolute atomic E-state index is 0.247. The van der Waals surface area contributed by atoms with E-state index in [1.54, 1.807) is 36.4 Å². The third-order valence-electron chi connectivity index (χ3n) is 3.66. The molecule has 0 amide bonds. The summed E-state index contributed by atoms with van der Waals surface area (Å²) in [4.78, 5) is 5.70. The van der Waals surface area contributed by atoms with E-state index in [0.29, 0.717) is 6.42 Å². The Labute approximate surface area is 150 Å². The molecule has 0 unspecified atom stereocenters. The van der Waals surface area contributed by atoms with Crippen LogP contribution in [0.3, 0.4) is 0 Å². The molecule has 1 aromatic heterocycles. The highest BCUT2D eigenvalue weighted by atomic mass is 32.2. The van der Waals surface area contributed by atoms with Crippen LogP contribution in [-0.4, -0.2) is 19.9 Å². The fraction of sp³-hybridized carbons (Fsp3) is 0.167. The van der Waals surface area contributed by atoms with Crippen LogP contribution in [0.2, 0.25) is 0 Å². The molecular formula is C18H17FN2O2S2. The molecule has 0 saturated carbocycles. The molecular weight excluding hydrogens is 359 g/mol. The van der Waals surface area contributed by atoms with Crippen molar-refractivity contribution in [2.24, 2.45) is 0 Å². The first-order valence-corrected chi connectivity index (χ1v) is 10.0. The van der Waals surface area contributed by atoms with Crippen LogP contribution >= 0.6 is 11.3 Å². The number of hydrogen-bond donors (Lipinski definition) is 1. The van der Waals surface area contributed by atoms with Gasteiger partial charge in [0.05, 0.1) is 10.6 Å². The molecule has 0 aliphatic rings. The minimum atomic E-state index is -3.51. The average molecular weight is 376 g/mol. The van der Waals surface area contributed by atoms with Crippen molar-refractivity contribution < 1.29 is 12.8 Å². The standard InChI is InChI=1S/C18H17FN2O2S2/c1-13-17(24-18(21-13)14-6-5-7-15(19)12-14)10-11-20-25(22,23)16-8-3-2-4-9-16/h2-9,12,20H,10-11H2,1H3. The van der Waals surface area contributed by atoms with Crippen molar-refractivity contribution in [1.82, 2.24) is 9.71 Å². The Kier molecular flexibility index (Phi) is 5.27. The first-order valence-electron chi connectivity index (χ1n) is 7.73. The van der Waals surface area contributed by atoms with E-state index in [2.05, 4.69) is 9.71 Å². The van der Waals surface area contributed by atoms with E-state index in [1.165, 1.54) is 23.5 Å². The van der Waals surface area contributed by atoms with Crippen LogP contribution in [0.5, 0.6) is 0 Å². The van der Waals surface area contributed by atoms with Gasteiger partial charge in [-0.15, -0.1) is 11.3 Å². The Morgan fingerprint density at radius 2 is 1.88 bits per heavy atom. The Hall–Kier alpha value is -2.09. The smallest absolute Gasteiger partial charge is 0.240 e. The maximum atomic E-state index is 13.4. The van der Waals surface area contributed by atoms with E-state index in [4.69, 9.17) is 0 Å². The zero-order valence-corrected chi connectivity index (χ0v) is 15.2. The maximum absolute atomic E-state index is 13.4. The van der Waals surface area contributed by atoms with Crippen molar-refractivity contribution in [2.75, 3.05) is 6.54 Å². The Balaban J connectivity index is 1.68. The highest BCUT2D eigenvalue weighted by molar-refractivity contribution is 7.89. The molecule has 0 aliphatic heterocycles. The van der Waals surface area contributed by atoms with Gasteiger partial charge >= 0.3 is 0 Å². The summed E-state index contributed by atoms with van der Waals surface area (Å²) in [6.45, 7) is 2.16. The molecule has 0 aliphatic carbocycles. The second-order valence-electron chi connectivity index (χ2n) is 5.50. The number of sulfonamides is 1. The molecule has 1 heterocycles. The Morgan fingerprint density at radius 3 is 2.60 bits per heavy atom. The average Bonchev–Trinajstić information content (AvgIpc) is 2.97. The van der Waals surface area contributed by atoms with Gasteiger partial charge in [-0.25, -0.2) is 22.5 Å². The van der Waals surface area contributed by atoms with Crippen LogP contribution in [0.25, 0.3) is 10.6 Å². The summed E-state index contributed by atoms with van der Waals surface area (Å²) in [6, 6.07) is 14.6. The van der Waals surface area contributed by atoms with Crippen molar-refractivity contribution >= 4 is 21.4 Å². The zero-order valence-electron chi connectivity index (χ0n) is 13.6. The Morgan fingerprint density at radius 1 is 1.12 bits per heavy atom. The van der Waals surface area contributed by atoms with Gasteiger partial charge in [0.1, 0.15) is 10.8 Å². The van der Waals surface area contributed by atoms with Crippen LogP contribution in [0.4, 0.5) is 4.39 Å². The molecule has 2 aromatic carbocycles. The number of nitrogens with one attached hydrogen (secondary N) is 1. The molecule has 1 N–H and O–H groups in total. The highest BCUT2D eigenvalue weighted by Gasteiger charge is 2.14. The number of rotatable bonds is 6. The predicted molar refractivity (Wildman–Crippen MR) is 97.6 cm³/mol. The third-order valence-corrected chi connectivity index (χ3v) is 6.41. The molecule has 0 bridgehead atoms. The van der Waals surface area contributed by atoms with Crippen molar-refractivity contribution in [1.29, 1.82) is 0 Å². The summed E-state index contributed by atoms with van der Waals surface area (Å²) in [6.07, 6.45) is 0.533. The summed E-state index contributed by atoms with van der Waals surface area (Å²) in [5.41, 5.74) is 1.56. The van der Waals surface area contributed by atoms with Crippen molar-refractivity contribution in [3.05, 3.63) is 71.0 Å². The summed E-state index contributed by atoms with van der Waals surface area (Å²) < 4.78 is 40.4. The molecule has 25 heavy (non-hydrogen) atoms. The van der Waals surface area contributed by atoms with Gasteiger partial charge in [0.2, 0.25) is 10.0 Å². The summed E-state index contributed by atoms with van der Waals surface area (Å²) in [7, 11) is -3.51. The summed E-state index contributed by atoms with van der Waals surface area (Å²) in [5, 5.41) is 0.734. The molecule has 0 radical (unpaired) electrons.